The fraction of sp³-hybridized carbons (Fsp3) is 0.320. The van der Waals surface area contributed by atoms with Gasteiger partial charge < -0.3 is 19.3 Å². The molecule has 3 aromatic rings. The molecule has 0 N–H and O–H groups in total. The van der Waals surface area contributed by atoms with E-state index in [9.17, 15) is 5.26 Å². The lowest BCUT2D eigenvalue weighted by molar-refractivity contribution is 0.146. The first kappa shape index (κ1) is 20.2. The van der Waals surface area contributed by atoms with Crippen molar-refractivity contribution in [1.82, 2.24) is 4.90 Å². The van der Waals surface area contributed by atoms with Gasteiger partial charge in [-0.1, -0.05) is 30.3 Å². The highest BCUT2D eigenvalue weighted by molar-refractivity contribution is 5.91. The maximum absolute atomic E-state index is 9.76. The third-order valence-corrected chi connectivity index (χ3v) is 5.69. The Hall–Kier alpha value is -3.07. The van der Waals surface area contributed by atoms with Crippen LogP contribution in [0.2, 0.25) is 0 Å². The first-order chi connectivity index (χ1) is 14.7. The lowest BCUT2D eigenvalue weighted by Gasteiger charge is -2.34. The van der Waals surface area contributed by atoms with Gasteiger partial charge in [-0.2, -0.15) is 5.26 Å². The molecular formula is C25H27N3O2. The third-order valence-electron chi connectivity index (χ3n) is 5.69. The van der Waals surface area contributed by atoms with E-state index in [-0.39, 0.29) is 0 Å². The monoisotopic (exact) mass is 401 g/mol. The highest BCUT2D eigenvalue weighted by Gasteiger charge is 2.15. The van der Waals surface area contributed by atoms with Crippen molar-refractivity contribution in [1.29, 1.82) is 5.26 Å². The average molecular weight is 402 g/mol. The molecule has 0 unspecified atom stereocenters. The van der Waals surface area contributed by atoms with Crippen LogP contribution in [0.5, 0.6) is 5.75 Å². The molecule has 1 heterocycles. The molecule has 1 saturated heterocycles. The molecule has 30 heavy (non-hydrogen) atoms. The molecule has 3 aromatic carbocycles. The topological polar surface area (TPSA) is 48.7 Å². The Labute approximate surface area is 178 Å². The van der Waals surface area contributed by atoms with Crippen molar-refractivity contribution < 1.29 is 9.47 Å². The number of methoxy groups -OCH3 is 1. The van der Waals surface area contributed by atoms with Crippen molar-refractivity contribution in [2.24, 2.45) is 0 Å². The van der Waals surface area contributed by atoms with Crippen molar-refractivity contribution in [2.75, 3.05) is 58.5 Å². The molecule has 5 heteroatoms. The highest BCUT2D eigenvalue weighted by atomic mass is 16.5. The number of benzene rings is 3. The first-order valence-corrected chi connectivity index (χ1v) is 10.3. The SMILES string of the molecule is COCCOc1cccc(-c2ccc3cc(N4CCN(C)CC4)ccc3c2)c1C#N. The van der Waals surface area contributed by atoms with E-state index in [0.717, 1.165) is 37.3 Å². The smallest absolute Gasteiger partial charge is 0.137 e. The van der Waals surface area contributed by atoms with Gasteiger partial charge in [0.05, 0.1) is 6.61 Å². The number of rotatable bonds is 6. The van der Waals surface area contributed by atoms with Crippen LogP contribution in [0, 0.1) is 11.3 Å². The number of ether oxygens (including phenoxy) is 2. The molecule has 4 rings (SSSR count). The predicted octanol–water partition coefficient (Wildman–Crippen LogP) is 4.16. The number of piperazine rings is 1. The highest BCUT2D eigenvalue weighted by Crippen LogP contribution is 2.33. The molecule has 1 aliphatic heterocycles. The van der Waals surface area contributed by atoms with E-state index in [2.05, 4.69) is 59.3 Å². The van der Waals surface area contributed by atoms with Gasteiger partial charge in [0.1, 0.15) is 24.0 Å². The minimum Gasteiger partial charge on any atom is -0.490 e. The second-order valence-electron chi connectivity index (χ2n) is 7.67. The van der Waals surface area contributed by atoms with Gasteiger partial charge in [0.2, 0.25) is 0 Å². The minimum atomic E-state index is 0.418. The van der Waals surface area contributed by atoms with Crippen molar-refractivity contribution >= 4 is 16.5 Å². The van der Waals surface area contributed by atoms with Gasteiger partial charge in [-0.05, 0) is 47.6 Å². The molecule has 1 fully saturated rings. The van der Waals surface area contributed by atoms with E-state index < -0.39 is 0 Å². The van der Waals surface area contributed by atoms with Crippen LogP contribution in [-0.2, 0) is 4.74 Å². The molecule has 0 atom stereocenters. The molecule has 0 aromatic heterocycles. The standard InChI is InChI=1S/C25H27N3O2/c1-27-10-12-28(13-11-27)22-9-8-19-16-21(7-6-20(19)17-22)23-4-3-5-25(24(23)18-26)30-15-14-29-2/h3-9,16-17H,10-15H2,1-2H3. The van der Waals surface area contributed by atoms with Crippen LogP contribution in [0.4, 0.5) is 5.69 Å². The molecule has 0 amide bonds. The van der Waals surface area contributed by atoms with E-state index in [0.29, 0.717) is 24.5 Å². The van der Waals surface area contributed by atoms with E-state index in [1.807, 2.05) is 18.2 Å². The number of nitriles is 1. The fourth-order valence-corrected chi connectivity index (χ4v) is 3.90. The second kappa shape index (κ2) is 9.17. The Morgan fingerprint density at radius 3 is 2.47 bits per heavy atom. The number of nitrogens with zero attached hydrogens (tertiary/aromatic N) is 3. The Morgan fingerprint density at radius 1 is 0.933 bits per heavy atom. The van der Waals surface area contributed by atoms with Crippen LogP contribution in [0.3, 0.4) is 0 Å². The zero-order chi connectivity index (χ0) is 20.9. The van der Waals surface area contributed by atoms with Crippen LogP contribution in [0.25, 0.3) is 21.9 Å². The molecule has 0 radical (unpaired) electrons. The number of likely N-dealkylation sites (N-methyl/N-ethyl adjacent to an activating group) is 1. The summed E-state index contributed by atoms with van der Waals surface area (Å²) in [6.07, 6.45) is 0. The molecule has 0 aliphatic carbocycles. The maximum atomic E-state index is 9.76. The Bertz CT molecular complexity index is 1070. The third kappa shape index (κ3) is 4.25. The molecule has 154 valence electrons. The summed E-state index contributed by atoms with van der Waals surface area (Å²) in [6, 6.07) is 21.1. The molecule has 0 spiro atoms. The van der Waals surface area contributed by atoms with Crippen molar-refractivity contribution in [3.05, 3.63) is 60.2 Å². The average Bonchev–Trinajstić information content (AvgIpc) is 2.79. The zero-order valence-corrected chi connectivity index (χ0v) is 17.6. The van der Waals surface area contributed by atoms with Gasteiger partial charge >= 0.3 is 0 Å². The maximum Gasteiger partial charge on any atom is 0.137 e. The van der Waals surface area contributed by atoms with E-state index in [4.69, 9.17) is 9.47 Å². The van der Waals surface area contributed by atoms with Crippen molar-refractivity contribution in [3.8, 4) is 22.9 Å². The van der Waals surface area contributed by atoms with E-state index in [1.165, 1.54) is 16.5 Å². The van der Waals surface area contributed by atoms with Gasteiger partial charge in [0, 0.05) is 44.5 Å². The normalized spacial score (nSPS) is 14.6. The van der Waals surface area contributed by atoms with Crippen molar-refractivity contribution in [3.63, 3.8) is 0 Å². The molecular weight excluding hydrogens is 374 g/mol. The summed E-state index contributed by atoms with van der Waals surface area (Å²) in [5, 5.41) is 12.1. The molecule has 5 nitrogen and oxygen atoms in total. The van der Waals surface area contributed by atoms with Gasteiger partial charge in [-0.3, -0.25) is 0 Å². The first-order valence-electron chi connectivity index (χ1n) is 10.3. The quantitative estimate of drug-likeness (QED) is 0.581. The van der Waals surface area contributed by atoms with Crippen LogP contribution in [-0.4, -0.2) is 58.5 Å². The largest absolute Gasteiger partial charge is 0.490 e. The van der Waals surface area contributed by atoms with Gasteiger partial charge in [0.15, 0.2) is 0 Å². The van der Waals surface area contributed by atoms with Crippen LogP contribution < -0.4 is 9.64 Å². The van der Waals surface area contributed by atoms with Crippen LogP contribution >= 0.6 is 0 Å². The molecule has 1 aliphatic rings. The summed E-state index contributed by atoms with van der Waals surface area (Å²) in [4.78, 5) is 4.81. The zero-order valence-electron chi connectivity index (χ0n) is 17.6. The van der Waals surface area contributed by atoms with Gasteiger partial charge in [-0.25, -0.2) is 0 Å². The Kier molecular flexibility index (Phi) is 6.18. The number of anilines is 1. The summed E-state index contributed by atoms with van der Waals surface area (Å²) in [6.45, 7) is 5.21. The van der Waals surface area contributed by atoms with E-state index in [1.54, 1.807) is 7.11 Å². The van der Waals surface area contributed by atoms with Crippen LogP contribution in [0.1, 0.15) is 5.56 Å². The van der Waals surface area contributed by atoms with Crippen LogP contribution in [0.15, 0.2) is 54.6 Å². The van der Waals surface area contributed by atoms with E-state index >= 15 is 0 Å². The van der Waals surface area contributed by atoms with Gasteiger partial charge in [-0.15, -0.1) is 0 Å². The predicted molar refractivity (Wildman–Crippen MR) is 121 cm³/mol. The molecule has 0 saturated carbocycles. The summed E-state index contributed by atoms with van der Waals surface area (Å²) in [7, 11) is 3.81. The number of fused-ring (bicyclic) bond motifs is 1. The lowest BCUT2D eigenvalue weighted by Crippen LogP contribution is -2.44. The molecule has 0 bridgehead atoms. The lowest BCUT2D eigenvalue weighted by atomic mass is 9.96. The number of hydrogen-bond acceptors (Lipinski definition) is 5. The van der Waals surface area contributed by atoms with Gasteiger partial charge in [0.25, 0.3) is 0 Å². The fourth-order valence-electron chi connectivity index (χ4n) is 3.90. The minimum absolute atomic E-state index is 0.418. The second-order valence-corrected chi connectivity index (χ2v) is 7.67. The summed E-state index contributed by atoms with van der Waals surface area (Å²) in [5.41, 5.74) is 3.73. The summed E-state index contributed by atoms with van der Waals surface area (Å²) >= 11 is 0. The Balaban J connectivity index is 1.63. The summed E-state index contributed by atoms with van der Waals surface area (Å²) < 4.78 is 10.8. The van der Waals surface area contributed by atoms with Crippen molar-refractivity contribution in [2.45, 2.75) is 0 Å². The number of hydrogen-bond donors (Lipinski definition) is 0. The Morgan fingerprint density at radius 2 is 1.70 bits per heavy atom. The summed E-state index contributed by atoms with van der Waals surface area (Å²) in [5.74, 6) is 0.595.